The van der Waals surface area contributed by atoms with Gasteiger partial charge in [-0.05, 0) is 37.8 Å². The first kappa shape index (κ1) is 15.9. The van der Waals surface area contributed by atoms with Crippen LogP contribution in [-0.4, -0.2) is 9.97 Å². The van der Waals surface area contributed by atoms with Crippen LogP contribution in [0.5, 0.6) is 0 Å². The fraction of sp³-hybridized carbons (Fsp3) is 0.444. The van der Waals surface area contributed by atoms with Crippen molar-refractivity contribution < 1.29 is 0 Å². The van der Waals surface area contributed by atoms with E-state index in [-0.39, 0.29) is 0 Å². The molecule has 0 radical (unpaired) electrons. The van der Waals surface area contributed by atoms with Gasteiger partial charge in [0.25, 0.3) is 0 Å². The second-order valence-electron chi connectivity index (χ2n) is 5.55. The molecule has 0 spiro atoms. The second kappa shape index (κ2) is 7.51. The highest BCUT2D eigenvalue weighted by atomic mass is 32.1. The van der Waals surface area contributed by atoms with Crippen LogP contribution in [0.3, 0.4) is 0 Å². The van der Waals surface area contributed by atoms with Gasteiger partial charge in [-0.1, -0.05) is 26.3 Å². The summed E-state index contributed by atoms with van der Waals surface area (Å²) in [7, 11) is 0. The Balaban J connectivity index is 2.40. The van der Waals surface area contributed by atoms with E-state index in [2.05, 4.69) is 38.4 Å². The lowest BCUT2D eigenvalue weighted by molar-refractivity contribution is 0.727. The maximum atomic E-state index is 4.94. The van der Waals surface area contributed by atoms with E-state index in [1.165, 1.54) is 29.0 Å². The Labute approximate surface area is 132 Å². The van der Waals surface area contributed by atoms with Gasteiger partial charge in [-0.15, -0.1) is 17.9 Å². The lowest BCUT2D eigenvalue weighted by Gasteiger charge is -2.08. The van der Waals surface area contributed by atoms with Crippen molar-refractivity contribution in [3.63, 3.8) is 0 Å². The Morgan fingerprint density at radius 3 is 2.90 bits per heavy atom. The second-order valence-corrected chi connectivity index (χ2v) is 6.63. The molecule has 2 heterocycles. The maximum Gasteiger partial charge on any atom is 0.125 e. The number of thiazole rings is 1. The zero-order valence-corrected chi connectivity index (χ0v) is 14.0. The Morgan fingerprint density at radius 1 is 1.43 bits per heavy atom. The number of hydrogen-bond acceptors (Lipinski definition) is 3. The van der Waals surface area contributed by atoms with E-state index in [4.69, 9.17) is 4.98 Å². The van der Waals surface area contributed by atoms with E-state index < -0.39 is 0 Å². The van der Waals surface area contributed by atoms with Crippen molar-refractivity contribution in [2.45, 2.75) is 52.4 Å². The molecular weight excluding hydrogens is 276 g/mol. The van der Waals surface area contributed by atoms with Crippen molar-refractivity contribution in [1.29, 1.82) is 0 Å². The molecular formula is C18H24N2S. The Morgan fingerprint density at radius 2 is 2.24 bits per heavy atom. The van der Waals surface area contributed by atoms with Crippen LogP contribution in [0.4, 0.5) is 0 Å². The number of rotatable bonds is 7. The van der Waals surface area contributed by atoms with E-state index in [1.807, 2.05) is 29.8 Å². The van der Waals surface area contributed by atoms with Crippen molar-refractivity contribution in [3.05, 3.63) is 47.2 Å². The summed E-state index contributed by atoms with van der Waals surface area (Å²) in [5.74, 6) is 0.441. The fourth-order valence-corrected chi connectivity index (χ4v) is 3.73. The highest BCUT2D eigenvalue weighted by molar-refractivity contribution is 7.15. The smallest absolute Gasteiger partial charge is 0.125 e. The molecule has 21 heavy (non-hydrogen) atoms. The number of unbranched alkanes of at least 4 members (excludes halogenated alkanes) is 1. The molecule has 3 heteroatoms. The lowest BCUT2D eigenvalue weighted by atomic mass is 10.0. The molecule has 2 rings (SSSR count). The van der Waals surface area contributed by atoms with Crippen LogP contribution in [0, 0.1) is 6.92 Å². The van der Waals surface area contributed by atoms with Gasteiger partial charge in [0.15, 0.2) is 0 Å². The average molecular weight is 300 g/mol. The van der Waals surface area contributed by atoms with Crippen LogP contribution < -0.4 is 0 Å². The zero-order chi connectivity index (χ0) is 15.2. The maximum absolute atomic E-state index is 4.94. The summed E-state index contributed by atoms with van der Waals surface area (Å²) in [6.07, 6.45) is 10.3. The summed E-state index contributed by atoms with van der Waals surface area (Å²) in [4.78, 5) is 10.6. The minimum Gasteiger partial charge on any atom is -0.264 e. The van der Waals surface area contributed by atoms with Gasteiger partial charge in [-0.2, -0.15) is 0 Å². The summed E-state index contributed by atoms with van der Waals surface area (Å²) < 4.78 is 0. The van der Waals surface area contributed by atoms with Crippen LogP contribution in [0.25, 0.3) is 10.6 Å². The van der Waals surface area contributed by atoms with Crippen molar-refractivity contribution in [2.75, 3.05) is 0 Å². The molecule has 2 aromatic rings. The van der Waals surface area contributed by atoms with E-state index in [0.717, 1.165) is 23.4 Å². The summed E-state index contributed by atoms with van der Waals surface area (Å²) in [6, 6.07) is 2.05. The highest BCUT2D eigenvalue weighted by Gasteiger charge is 2.17. The lowest BCUT2D eigenvalue weighted by Crippen LogP contribution is -1.97. The number of hydrogen-bond donors (Lipinski definition) is 0. The number of allylic oxidation sites excluding steroid dienone is 1. The molecule has 1 unspecified atom stereocenters. The highest BCUT2D eigenvalue weighted by Crippen LogP contribution is 2.35. The van der Waals surface area contributed by atoms with Crippen LogP contribution in [0.1, 0.15) is 55.2 Å². The van der Waals surface area contributed by atoms with Crippen molar-refractivity contribution >= 4 is 11.3 Å². The minimum atomic E-state index is 0.441. The number of nitrogens with zero attached hydrogens (tertiary/aromatic N) is 2. The van der Waals surface area contributed by atoms with Crippen molar-refractivity contribution in [2.24, 2.45) is 0 Å². The van der Waals surface area contributed by atoms with Gasteiger partial charge < -0.3 is 0 Å². The van der Waals surface area contributed by atoms with Gasteiger partial charge in [0.2, 0.25) is 0 Å². The van der Waals surface area contributed by atoms with Crippen LogP contribution >= 0.6 is 11.3 Å². The van der Waals surface area contributed by atoms with E-state index in [0.29, 0.717) is 5.92 Å². The molecule has 112 valence electrons. The van der Waals surface area contributed by atoms with Crippen LogP contribution in [0.2, 0.25) is 0 Å². The molecule has 0 saturated carbocycles. The largest absolute Gasteiger partial charge is 0.264 e. The van der Waals surface area contributed by atoms with Gasteiger partial charge in [0.1, 0.15) is 5.01 Å². The van der Waals surface area contributed by atoms with Gasteiger partial charge in [-0.25, -0.2) is 4.98 Å². The van der Waals surface area contributed by atoms with Crippen molar-refractivity contribution in [1.82, 2.24) is 9.97 Å². The predicted molar refractivity (Wildman–Crippen MR) is 91.9 cm³/mol. The SMILES string of the molecule is C=CCC(C)c1nc(-c2cnccc2C)sc1CCCC. The van der Waals surface area contributed by atoms with Gasteiger partial charge in [0, 0.05) is 28.8 Å². The fourth-order valence-electron chi connectivity index (χ4n) is 2.43. The monoisotopic (exact) mass is 300 g/mol. The quantitative estimate of drug-likeness (QED) is 0.628. The third kappa shape index (κ3) is 3.79. The third-order valence-electron chi connectivity index (χ3n) is 3.74. The molecule has 0 fully saturated rings. The van der Waals surface area contributed by atoms with Gasteiger partial charge in [-0.3, -0.25) is 4.98 Å². The van der Waals surface area contributed by atoms with Crippen molar-refractivity contribution in [3.8, 4) is 10.6 Å². The Hall–Kier alpha value is -1.48. The first-order valence-electron chi connectivity index (χ1n) is 7.68. The van der Waals surface area contributed by atoms with E-state index in [9.17, 15) is 0 Å². The first-order chi connectivity index (χ1) is 10.2. The van der Waals surface area contributed by atoms with Gasteiger partial charge >= 0.3 is 0 Å². The molecule has 2 nitrogen and oxygen atoms in total. The summed E-state index contributed by atoms with van der Waals surface area (Å²) in [6.45, 7) is 10.5. The number of aryl methyl sites for hydroxylation is 2. The molecule has 1 atom stereocenters. The van der Waals surface area contributed by atoms with E-state index >= 15 is 0 Å². The summed E-state index contributed by atoms with van der Waals surface area (Å²) in [5.41, 5.74) is 3.66. The van der Waals surface area contributed by atoms with E-state index in [1.54, 1.807) is 0 Å². The number of aromatic nitrogens is 2. The average Bonchev–Trinajstić information content (AvgIpc) is 2.90. The standard InChI is InChI=1S/C18H24N2S/c1-5-7-9-16-17(14(4)8-6-2)20-18(21-16)15-12-19-11-10-13(15)3/h6,10-12,14H,2,5,7-9H2,1,3-4H3. The molecule has 0 aliphatic carbocycles. The topological polar surface area (TPSA) is 25.8 Å². The molecule has 0 aliphatic rings. The first-order valence-corrected chi connectivity index (χ1v) is 8.50. The molecule has 0 aromatic carbocycles. The zero-order valence-electron chi connectivity index (χ0n) is 13.2. The normalized spacial score (nSPS) is 12.3. The summed E-state index contributed by atoms with van der Waals surface area (Å²) in [5, 5.41) is 1.11. The molecule has 2 aromatic heterocycles. The predicted octanol–water partition coefficient (Wildman–Crippen LogP) is 5.54. The molecule has 0 saturated heterocycles. The molecule has 0 bridgehead atoms. The third-order valence-corrected chi connectivity index (χ3v) is 4.91. The van der Waals surface area contributed by atoms with Crippen LogP contribution in [-0.2, 0) is 6.42 Å². The van der Waals surface area contributed by atoms with Crippen LogP contribution in [0.15, 0.2) is 31.1 Å². The minimum absolute atomic E-state index is 0.441. The Bertz CT molecular complexity index is 601. The number of pyridine rings is 1. The molecule has 0 aliphatic heterocycles. The molecule has 0 N–H and O–H groups in total. The van der Waals surface area contributed by atoms with Gasteiger partial charge in [0.05, 0.1) is 5.69 Å². The molecule has 0 amide bonds. The Kier molecular flexibility index (Phi) is 5.68. The summed E-state index contributed by atoms with van der Waals surface area (Å²) >= 11 is 1.84.